The van der Waals surface area contributed by atoms with Crippen molar-refractivity contribution in [1.29, 1.82) is 0 Å². The molecule has 0 aromatic rings. The Hall–Kier alpha value is -1.30. The van der Waals surface area contributed by atoms with Crippen molar-refractivity contribution in [2.45, 2.75) is 51.6 Å². The van der Waals surface area contributed by atoms with Gasteiger partial charge in [0.15, 0.2) is 0 Å². The van der Waals surface area contributed by atoms with Gasteiger partial charge in [-0.3, -0.25) is 4.79 Å². The van der Waals surface area contributed by atoms with Crippen molar-refractivity contribution < 1.29 is 14.7 Å². The topological polar surface area (TPSA) is 72.9 Å². The second kappa shape index (κ2) is 8.22. The van der Waals surface area contributed by atoms with Crippen molar-refractivity contribution in [3.8, 4) is 0 Å². The highest BCUT2D eigenvalue weighted by atomic mass is 16.4. The van der Waals surface area contributed by atoms with Gasteiger partial charge in [0.25, 0.3) is 0 Å². The third-order valence-corrected chi connectivity index (χ3v) is 3.72. The maximum atomic E-state index is 12.4. The van der Waals surface area contributed by atoms with E-state index in [-0.39, 0.29) is 24.5 Å². The zero-order valence-electron chi connectivity index (χ0n) is 13.6. The lowest BCUT2D eigenvalue weighted by molar-refractivity contribution is -0.137. The van der Waals surface area contributed by atoms with E-state index in [4.69, 9.17) is 5.11 Å². The van der Waals surface area contributed by atoms with E-state index in [0.717, 1.165) is 25.8 Å². The first-order valence-electron chi connectivity index (χ1n) is 7.73. The third kappa shape index (κ3) is 6.33. The largest absolute Gasteiger partial charge is 0.481 e. The molecule has 6 heteroatoms. The molecule has 2 atom stereocenters. The smallest absolute Gasteiger partial charge is 0.317 e. The third-order valence-electron chi connectivity index (χ3n) is 3.72. The molecule has 1 saturated heterocycles. The second-order valence-corrected chi connectivity index (χ2v) is 6.63. The lowest BCUT2D eigenvalue weighted by Crippen LogP contribution is -2.50. The molecule has 2 N–H and O–H groups in total. The van der Waals surface area contributed by atoms with Crippen LogP contribution in [0.5, 0.6) is 0 Å². The van der Waals surface area contributed by atoms with Crippen LogP contribution in [0.4, 0.5) is 4.79 Å². The first kappa shape index (κ1) is 17.8. The fraction of sp³-hybridized carbons (Fsp3) is 0.867. The molecule has 2 unspecified atom stereocenters. The van der Waals surface area contributed by atoms with Gasteiger partial charge in [0.05, 0.1) is 6.42 Å². The van der Waals surface area contributed by atoms with E-state index in [1.165, 1.54) is 0 Å². The summed E-state index contributed by atoms with van der Waals surface area (Å²) in [6, 6.07) is -0.189. The van der Waals surface area contributed by atoms with Gasteiger partial charge >= 0.3 is 12.0 Å². The number of carboxylic acids is 1. The van der Waals surface area contributed by atoms with Crippen LogP contribution in [0, 0.1) is 5.92 Å². The molecule has 1 aliphatic rings. The SMILES string of the molecule is CC(C)CC(CN(C)C)NC(=O)N1CCCC1CC(=O)O. The molecule has 0 aromatic heterocycles. The highest BCUT2D eigenvalue weighted by Crippen LogP contribution is 2.20. The standard InChI is InChI=1S/C15H29N3O3/c1-11(2)8-12(10-17(3)4)16-15(21)18-7-5-6-13(18)9-14(19)20/h11-13H,5-10H2,1-4H3,(H,16,21)(H,19,20). The molecule has 6 nitrogen and oxygen atoms in total. The van der Waals surface area contributed by atoms with Gasteiger partial charge in [-0.1, -0.05) is 13.8 Å². The number of amides is 2. The zero-order valence-corrected chi connectivity index (χ0v) is 13.6. The molecule has 0 aliphatic carbocycles. The van der Waals surface area contributed by atoms with Gasteiger partial charge in [-0.15, -0.1) is 0 Å². The Balaban J connectivity index is 2.60. The minimum Gasteiger partial charge on any atom is -0.481 e. The molecule has 0 spiro atoms. The Morgan fingerprint density at radius 3 is 2.57 bits per heavy atom. The Morgan fingerprint density at radius 2 is 2.05 bits per heavy atom. The van der Waals surface area contributed by atoms with Crippen LogP contribution in [-0.4, -0.2) is 66.2 Å². The fourth-order valence-electron chi connectivity index (χ4n) is 2.96. The minimum absolute atomic E-state index is 0.0376. The van der Waals surface area contributed by atoms with Gasteiger partial charge < -0.3 is 20.2 Å². The summed E-state index contributed by atoms with van der Waals surface area (Å²) in [5, 5.41) is 12.0. The number of nitrogens with one attached hydrogen (secondary N) is 1. The monoisotopic (exact) mass is 299 g/mol. The number of likely N-dealkylation sites (N-methyl/N-ethyl adjacent to an activating group) is 1. The van der Waals surface area contributed by atoms with Crippen molar-refractivity contribution in [3.05, 3.63) is 0 Å². The summed E-state index contributed by atoms with van der Waals surface area (Å²) in [6.45, 7) is 5.72. The van der Waals surface area contributed by atoms with E-state index in [2.05, 4.69) is 24.1 Å². The Bertz CT molecular complexity index is 348. The summed E-state index contributed by atoms with van der Waals surface area (Å²) < 4.78 is 0. The highest BCUT2D eigenvalue weighted by Gasteiger charge is 2.31. The summed E-state index contributed by atoms with van der Waals surface area (Å²) >= 11 is 0. The summed E-state index contributed by atoms with van der Waals surface area (Å²) in [5.74, 6) is -0.338. The molecular weight excluding hydrogens is 270 g/mol. The lowest BCUT2D eigenvalue weighted by atomic mass is 10.0. The van der Waals surface area contributed by atoms with Crippen LogP contribution >= 0.6 is 0 Å². The average Bonchev–Trinajstić information content (AvgIpc) is 2.73. The summed E-state index contributed by atoms with van der Waals surface area (Å²) in [7, 11) is 3.98. The van der Waals surface area contributed by atoms with Crippen LogP contribution in [0.2, 0.25) is 0 Å². The Labute approximate surface area is 127 Å². The van der Waals surface area contributed by atoms with E-state index >= 15 is 0 Å². The van der Waals surface area contributed by atoms with Gasteiger partial charge in [0.2, 0.25) is 0 Å². The van der Waals surface area contributed by atoms with Crippen LogP contribution in [0.15, 0.2) is 0 Å². The van der Waals surface area contributed by atoms with E-state index < -0.39 is 5.97 Å². The molecule has 2 amide bonds. The van der Waals surface area contributed by atoms with Crippen LogP contribution in [-0.2, 0) is 4.79 Å². The predicted molar refractivity (Wildman–Crippen MR) is 82.3 cm³/mol. The summed E-state index contributed by atoms with van der Waals surface area (Å²) in [6.07, 6.45) is 2.62. The minimum atomic E-state index is -0.841. The van der Waals surface area contributed by atoms with E-state index in [0.29, 0.717) is 12.5 Å². The van der Waals surface area contributed by atoms with Crippen LogP contribution < -0.4 is 5.32 Å². The zero-order chi connectivity index (χ0) is 16.0. The summed E-state index contributed by atoms with van der Waals surface area (Å²) in [4.78, 5) is 27.0. The number of carbonyl (C=O) groups is 2. The number of likely N-dealkylation sites (tertiary alicyclic amines) is 1. The number of rotatable bonds is 7. The quantitative estimate of drug-likeness (QED) is 0.749. The number of hydrogen-bond acceptors (Lipinski definition) is 3. The average molecular weight is 299 g/mol. The number of carbonyl (C=O) groups excluding carboxylic acids is 1. The molecule has 0 saturated carbocycles. The van der Waals surface area contributed by atoms with Gasteiger partial charge in [-0.2, -0.15) is 0 Å². The molecule has 0 radical (unpaired) electrons. The van der Waals surface area contributed by atoms with Crippen molar-refractivity contribution >= 4 is 12.0 Å². The molecular formula is C15H29N3O3. The van der Waals surface area contributed by atoms with E-state index in [9.17, 15) is 9.59 Å². The molecule has 122 valence electrons. The molecule has 1 aliphatic heterocycles. The molecule has 0 aromatic carbocycles. The fourth-order valence-corrected chi connectivity index (χ4v) is 2.96. The van der Waals surface area contributed by atoms with E-state index in [1.807, 2.05) is 14.1 Å². The maximum absolute atomic E-state index is 12.4. The van der Waals surface area contributed by atoms with Crippen LogP contribution in [0.25, 0.3) is 0 Å². The van der Waals surface area contributed by atoms with E-state index in [1.54, 1.807) is 4.90 Å². The molecule has 21 heavy (non-hydrogen) atoms. The lowest BCUT2D eigenvalue weighted by Gasteiger charge is -2.29. The van der Waals surface area contributed by atoms with Gasteiger partial charge in [0.1, 0.15) is 0 Å². The predicted octanol–water partition coefficient (Wildman–Crippen LogP) is 1.61. The van der Waals surface area contributed by atoms with Gasteiger partial charge in [0, 0.05) is 25.2 Å². The van der Waals surface area contributed by atoms with Gasteiger partial charge in [-0.25, -0.2) is 4.79 Å². The van der Waals surface area contributed by atoms with Crippen molar-refractivity contribution in [2.24, 2.45) is 5.92 Å². The molecule has 0 bridgehead atoms. The Kier molecular flexibility index (Phi) is 6.95. The number of aliphatic carboxylic acids is 1. The van der Waals surface area contributed by atoms with Gasteiger partial charge in [-0.05, 0) is 39.3 Å². The van der Waals surface area contributed by atoms with Crippen LogP contribution in [0.1, 0.15) is 39.5 Å². The van der Waals surface area contributed by atoms with Crippen LogP contribution in [0.3, 0.4) is 0 Å². The first-order chi connectivity index (χ1) is 9.79. The molecule has 1 rings (SSSR count). The molecule has 1 heterocycles. The number of hydrogen-bond donors (Lipinski definition) is 2. The second-order valence-electron chi connectivity index (χ2n) is 6.63. The maximum Gasteiger partial charge on any atom is 0.317 e. The summed E-state index contributed by atoms with van der Waals surface area (Å²) in [5.41, 5.74) is 0. The first-order valence-corrected chi connectivity index (χ1v) is 7.73. The van der Waals surface area contributed by atoms with Crippen molar-refractivity contribution in [1.82, 2.24) is 15.1 Å². The normalized spacial score (nSPS) is 20.1. The highest BCUT2D eigenvalue weighted by molar-refractivity contribution is 5.76. The molecule has 1 fully saturated rings. The number of nitrogens with zero attached hydrogens (tertiary/aromatic N) is 2. The Morgan fingerprint density at radius 1 is 1.38 bits per heavy atom. The van der Waals surface area contributed by atoms with Crippen molar-refractivity contribution in [3.63, 3.8) is 0 Å². The number of urea groups is 1. The number of carboxylic acid groups (broad SMARTS) is 1. The van der Waals surface area contributed by atoms with Crippen molar-refractivity contribution in [2.75, 3.05) is 27.2 Å².